The summed E-state index contributed by atoms with van der Waals surface area (Å²) in [6, 6.07) is 0.122. The Balaban J connectivity index is 1.98. The number of nitrogens with zero attached hydrogens (tertiary/aromatic N) is 1. The minimum Gasteiger partial charge on any atom is -0.450 e. The zero-order valence-corrected chi connectivity index (χ0v) is 7.66. The van der Waals surface area contributed by atoms with Gasteiger partial charge >= 0.3 is 6.09 Å². The van der Waals surface area contributed by atoms with Crippen molar-refractivity contribution in [1.29, 1.82) is 0 Å². The average Bonchev–Trinajstić information content (AvgIpc) is 2.62. The molecular weight excluding hydrogens is 170 g/mol. The van der Waals surface area contributed by atoms with Gasteiger partial charge < -0.3 is 9.64 Å². The van der Waals surface area contributed by atoms with Gasteiger partial charge in [0.25, 0.3) is 0 Å². The summed E-state index contributed by atoms with van der Waals surface area (Å²) >= 11 is 0. The van der Waals surface area contributed by atoms with Gasteiger partial charge in [0, 0.05) is 24.9 Å². The van der Waals surface area contributed by atoms with E-state index in [1.54, 1.807) is 11.8 Å². The maximum atomic E-state index is 11.3. The third kappa shape index (κ3) is 1.30. The fraction of sp³-hybridized carbons (Fsp3) is 0.778. The van der Waals surface area contributed by atoms with E-state index in [4.69, 9.17) is 4.74 Å². The Kier molecular flexibility index (Phi) is 1.98. The lowest BCUT2D eigenvalue weighted by Crippen LogP contribution is -2.40. The highest BCUT2D eigenvalue weighted by molar-refractivity contribution is 5.87. The van der Waals surface area contributed by atoms with Crippen molar-refractivity contribution < 1.29 is 14.3 Å². The number of ether oxygens (including phenoxy) is 1. The van der Waals surface area contributed by atoms with Crippen LogP contribution in [-0.4, -0.2) is 36.0 Å². The monoisotopic (exact) mass is 183 g/mol. The van der Waals surface area contributed by atoms with Crippen LogP contribution in [0, 0.1) is 5.92 Å². The largest absolute Gasteiger partial charge is 0.450 e. The van der Waals surface area contributed by atoms with Crippen molar-refractivity contribution in [3.8, 4) is 0 Å². The van der Waals surface area contributed by atoms with Crippen LogP contribution in [0.1, 0.15) is 19.8 Å². The maximum Gasteiger partial charge on any atom is 0.410 e. The summed E-state index contributed by atoms with van der Waals surface area (Å²) in [5.41, 5.74) is 0. The molecule has 0 aromatic carbocycles. The number of likely N-dealkylation sites (tertiary alicyclic amines) is 1. The van der Waals surface area contributed by atoms with Crippen molar-refractivity contribution >= 4 is 11.9 Å². The molecule has 0 unspecified atom stereocenters. The van der Waals surface area contributed by atoms with Gasteiger partial charge in [-0.25, -0.2) is 4.79 Å². The van der Waals surface area contributed by atoms with Gasteiger partial charge in [0.2, 0.25) is 0 Å². The van der Waals surface area contributed by atoms with Gasteiger partial charge in [-0.2, -0.15) is 0 Å². The molecule has 2 bridgehead atoms. The second-order valence-corrected chi connectivity index (χ2v) is 3.61. The Morgan fingerprint density at radius 1 is 1.69 bits per heavy atom. The molecule has 0 aromatic rings. The first-order valence-electron chi connectivity index (χ1n) is 4.68. The van der Waals surface area contributed by atoms with Crippen LogP contribution in [0.4, 0.5) is 4.79 Å². The topological polar surface area (TPSA) is 46.6 Å². The molecule has 2 atom stereocenters. The molecule has 1 amide bonds. The Bertz CT molecular complexity index is 251. The predicted octanol–water partition coefficient (Wildman–Crippen LogP) is 0.806. The number of carbonyl (C=O) groups excluding carboxylic acids is 2. The lowest BCUT2D eigenvalue weighted by Gasteiger charge is -2.25. The molecular formula is C9H13NO3. The molecule has 1 heterocycles. The molecule has 0 radical (unpaired) electrons. The average molecular weight is 183 g/mol. The van der Waals surface area contributed by atoms with Crippen LogP contribution in [0.3, 0.4) is 0 Å². The first-order chi connectivity index (χ1) is 6.22. The number of amides is 1. The van der Waals surface area contributed by atoms with Gasteiger partial charge in [-0.3, -0.25) is 4.79 Å². The Morgan fingerprint density at radius 2 is 2.46 bits per heavy atom. The van der Waals surface area contributed by atoms with Crippen molar-refractivity contribution in [1.82, 2.24) is 4.90 Å². The lowest BCUT2D eigenvalue weighted by atomic mass is 10.1. The normalized spacial score (nSPS) is 31.2. The van der Waals surface area contributed by atoms with E-state index >= 15 is 0 Å². The van der Waals surface area contributed by atoms with Crippen molar-refractivity contribution in [3.63, 3.8) is 0 Å². The molecule has 1 saturated heterocycles. The minimum atomic E-state index is -0.262. The molecule has 0 N–H and O–H groups in total. The fourth-order valence-corrected chi connectivity index (χ4v) is 2.17. The van der Waals surface area contributed by atoms with E-state index in [9.17, 15) is 9.59 Å². The van der Waals surface area contributed by atoms with E-state index in [0.29, 0.717) is 25.4 Å². The minimum absolute atomic E-state index is 0.0920. The molecule has 2 fully saturated rings. The summed E-state index contributed by atoms with van der Waals surface area (Å²) in [5.74, 6) is 0.403. The summed E-state index contributed by atoms with van der Waals surface area (Å²) in [4.78, 5) is 24.2. The van der Waals surface area contributed by atoms with Gasteiger partial charge in [0.15, 0.2) is 0 Å². The van der Waals surface area contributed by atoms with Gasteiger partial charge in [0.05, 0.1) is 6.61 Å². The summed E-state index contributed by atoms with van der Waals surface area (Å²) < 4.78 is 4.89. The van der Waals surface area contributed by atoms with Crippen LogP contribution in [0.5, 0.6) is 0 Å². The van der Waals surface area contributed by atoms with Gasteiger partial charge in [-0.1, -0.05) is 0 Å². The van der Waals surface area contributed by atoms with Crippen molar-refractivity contribution in [3.05, 3.63) is 0 Å². The molecule has 2 rings (SSSR count). The molecule has 1 aliphatic heterocycles. The smallest absolute Gasteiger partial charge is 0.410 e. The van der Waals surface area contributed by atoms with Crippen molar-refractivity contribution in [2.24, 2.45) is 5.92 Å². The second-order valence-electron chi connectivity index (χ2n) is 3.61. The number of ketones is 1. The van der Waals surface area contributed by atoms with Gasteiger partial charge in [0.1, 0.15) is 5.78 Å². The van der Waals surface area contributed by atoms with E-state index < -0.39 is 0 Å². The molecule has 1 saturated carbocycles. The third-order valence-electron chi connectivity index (χ3n) is 2.81. The number of carbonyl (C=O) groups is 2. The summed E-state index contributed by atoms with van der Waals surface area (Å²) in [5, 5.41) is 0. The van der Waals surface area contributed by atoms with E-state index in [0.717, 1.165) is 6.42 Å². The summed E-state index contributed by atoms with van der Waals surface area (Å²) in [6.45, 7) is 2.76. The lowest BCUT2D eigenvalue weighted by molar-refractivity contribution is -0.122. The SMILES string of the molecule is CCOC(=O)N1C[C@@H]2C[C@H]1CC2=O. The molecule has 4 heteroatoms. The van der Waals surface area contributed by atoms with E-state index in [-0.39, 0.29) is 18.1 Å². The zero-order valence-electron chi connectivity index (χ0n) is 7.66. The maximum absolute atomic E-state index is 11.3. The highest BCUT2D eigenvalue weighted by Gasteiger charge is 2.46. The van der Waals surface area contributed by atoms with E-state index in [2.05, 4.69) is 0 Å². The van der Waals surface area contributed by atoms with Crippen LogP contribution in [-0.2, 0) is 9.53 Å². The summed E-state index contributed by atoms with van der Waals surface area (Å²) in [6.07, 6.45) is 1.11. The van der Waals surface area contributed by atoms with Gasteiger partial charge in [-0.05, 0) is 13.3 Å². The van der Waals surface area contributed by atoms with Crippen LogP contribution in [0.15, 0.2) is 0 Å². The van der Waals surface area contributed by atoms with E-state index in [1.807, 2.05) is 0 Å². The fourth-order valence-electron chi connectivity index (χ4n) is 2.17. The van der Waals surface area contributed by atoms with Crippen LogP contribution < -0.4 is 0 Å². The molecule has 2 aliphatic rings. The number of piperidine rings is 1. The van der Waals surface area contributed by atoms with Crippen LogP contribution in [0.25, 0.3) is 0 Å². The first kappa shape index (κ1) is 8.53. The van der Waals surface area contributed by atoms with Gasteiger partial charge in [-0.15, -0.1) is 0 Å². The Hall–Kier alpha value is -1.06. The van der Waals surface area contributed by atoms with Crippen LogP contribution >= 0.6 is 0 Å². The molecule has 13 heavy (non-hydrogen) atoms. The number of rotatable bonds is 1. The molecule has 4 nitrogen and oxygen atoms in total. The molecule has 0 aromatic heterocycles. The van der Waals surface area contributed by atoms with Crippen molar-refractivity contribution in [2.75, 3.05) is 13.2 Å². The van der Waals surface area contributed by atoms with Crippen molar-refractivity contribution in [2.45, 2.75) is 25.8 Å². The third-order valence-corrected chi connectivity index (χ3v) is 2.81. The highest BCUT2D eigenvalue weighted by atomic mass is 16.6. The van der Waals surface area contributed by atoms with Crippen LogP contribution in [0.2, 0.25) is 0 Å². The molecule has 1 aliphatic carbocycles. The van der Waals surface area contributed by atoms with E-state index in [1.165, 1.54) is 0 Å². The standard InChI is InChI=1S/C9H13NO3/c1-2-13-9(12)10-5-6-3-7(10)4-8(6)11/h6-7H,2-5H2,1H3/t6-,7-/m0/s1. The Labute approximate surface area is 76.8 Å². The quantitative estimate of drug-likeness (QED) is 0.604. The zero-order chi connectivity index (χ0) is 9.42. The second kappa shape index (κ2) is 3.01. The Morgan fingerprint density at radius 3 is 2.92 bits per heavy atom. The number of fused-ring (bicyclic) bond motifs is 2. The number of hydrogen-bond acceptors (Lipinski definition) is 3. The molecule has 72 valence electrons. The summed E-state index contributed by atoms with van der Waals surface area (Å²) in [7, 11) is 0. The first-order valence-corrected chi connectivity index (χ1v) is 4.68. The number of hydrogen-bond donors (Lipinski definition) is 0. The molecule has 0 spiro atoms. The number of Topliss-reactive ketones (excluding diaryl/α,β-unsaturated/α-hetero) is 1. The highest BCUT2D eigenvalue weighted by Crippen LogP contribution is 2.34. The predicted molar refractivity (Wildman–Crippen MR) is 45.2 cm³/mol.